The molecule has 4 rings (SSSR count). The molecule has 1 aliphatic heterocycles. The Hall–Kier alpha value is -3.72. The van der Waals surface area contributed by atoms with Crippen LogP contribution in [-0.4, -0.2) is 41.2 Å². The van der Waals surface area contributed by atoms with E-state index in [2.05, 4.69) is 10.2 Å². The largest absolute Gasteiger partial charge is 0.507 e. The monoisotopic (exact) mass is 451 g/mol. The number of carbonyl (C=O) groups excluding carboxylic acids is 2. The number of ether oxygens (including phenoxy) is 2. The number of hydrogen-bond donors (Lipinski definition) is 1. The fraction of sp³-hybridized carbons (Fsp3) is 0.217. The van der Waals surface area contributed by atoms with E-state index in [-0.39, 0.29) is 16.5 Å². The molecule has 1 saturated heterocycles. The molecular formula is C23H21N3O5S. The molecule has 1 N–H and O–H groups in total. The summed E-state index contributed by atoms with van der Waals surface area (Å²) in [5.74, 6) is -0.907. The van der Waals surface area contributed by atoms with Gasteiger partial charge in [0.25, 0.3) is 5.78 Å². The van der Waals surface area contributed by atoms with Crippen LogP contribution in [0.3, 0.4) is 0 Å². The summed E-state index contributed by atoms with van der Waals surface area (Å²) in [6.07, 6.45) is 0. The van der Waals surface area contributed by atoms with E-state index in [0.29, 0.717) is 27.6 Å². The van der Waals surface area contributed by atoms with Gasteiger partial charge in [0.05, 0.1) is 25.8 Å². The second-order valence-electron chi connectivity index (χ2n) is 7.25. The lowest BCUT2D eigenvalue weighted by molar-refractivity contribution is -0.132. The highest BCUT2D eigenvalue weighted by Gasteiger charge is 2.48. The molecule has 164 valence electrons. The number of aliphatic hydroxyl groups is 1. The molecular weight excluding hydrogens is 430 g/mol. The number of benzene rings is 2. The molecule has 0 unspecified atom stereocenters. The zero-order valence-electron chi connectivity index (χ0n) is 17.9. The van der Waals surface area contributed by atoms with Gasteiger partial charge in [0.2, 0.25) is 5.13 Å². The maximum atomic E-state index is 13.1. The highest BCUT2D eigenvalue weighted by atomic mass is 32.1. The predicted molar refractivity (Wildman–Crippen MR) is 120 cm³/mol. The van der Waals surface area contributed by atoms with Crippen LogP contribution in [0.2, 0.25) is 0 Å². The van der Waals surface area contributed by atoms with Crippen LogP contribution in [-0.2, 0) is 9.59 Å². The molecule has 8 nitrogen and oxygen atoms in total. The molecule has 32 heavy (non-hydrogen) atoms. The van der Waals surface area contributed by atoms with Crippen LogP contribution in [0.1, 0.15) is 27.7 Å². The molecule has 2 heterocycles. The van der Waals surface area contributed by atoms with Gasteiger partial charge in [-0.1, -0.05) is 47.2 Å². The molecule has 0 saturated carbocycles. The zero-order valence-corrected chi connectivity index (χ0v) is 18.8. The SMILES string of the molecule is COc1ccc([C@H]2C(=C(O)c3ccc(C)cc3)C(=O)C(=O)N2c2nnc(C)s2)cc1OC. The van der Waals surface area contributed by atoms with Gasteiger partial charge in [-0.05, 0) is 31.5 Å². The van der Waals surface area contributed by atoms with E-state index in [1.54, 1.807) is 37.3 Å². The van der Waals surface area contributed by atoms with E-state index in [1.165, 1.54) is 30.5 Å². The number of Topliss-reactive ketones (excluding diaryl/α,β-unsaturated/α-hetero) is 1. The summed E-state index contributed by atoms with van der Waals surface area (Å²) < 4.78 is 10.7. The highest BCUT2D eigenvalue weighted by molar-refractivity contribution is 7.15. The number of amides is 1. The van der Waals surface area contributed by atoms with Crippen molar-refractivity contribution in [3.05, 3.63) is 69.7 Å². The lowest BCUT2D eigenvalue weighted by atomic mass is 9.95. The van der Waals surface area contributed by atoms with Gasteiger partial charge in [-0.3, -0.25) is 14.5 Å². The van der Waals surface area contributed by atoms with Crippen molar-refractivity contribution in [1.82, 2.24) is 10.2 Å². The van der Waals surface area contributed by atoms with Crippen LogP contribution >= 0.6 is 11.3 Å². The number of hydrogen-bond acceptors (Lipinski definition) is 8. The van der Waals surface area contributed by atoms with Gasteiger partial charge >= 0.3 is 5.91 Å². The van der Waals surface area contributed by atoms with Crippen molar-refractivity contribution in [2.24, 2.45) is 0 Å². The number of aryl methyl sites for hydroxylation is 2. The molecule has 0 spiro atoms. The molecule has 1 aliphatic rings. The number of carbonyl (C=O) groups is 2. The van der Waals surface area contributed by atoms with Crippen molar-refractivity contribution in [3.63, 3.8) is 0 Å². The average Bonchev–Trinajstić information content (AvgIpc) is 3.34. The quantitative estimate of drug-likeness (QED) is 0.358. The number of nitrogens with zero attached hydrogens (tertiary/aromatic N) is 3. The summed E-state index contributed by atoms with van der Waals surface area (Å²) in [4.78, 5) is 27.5. The summed E-state index contributed by atoms with van der Waals surface area (Å²) in [5, 5.41) is 20.1. The van der Waals surface area contributed by atoms with E-state index in [0.717, 1.165) is 5.56 Å². The third-order valence-electron chi connectivity index (χ3n) is 5.21. The molecule has 0 bridgehead atoms. The van der Waals surface area contributed by atoms with Crippen molar-refractivity contribution in [1.29, 1.82) is 0 Å². The molecule has 0 aliphatic carbocycles. The van der Waals surface area contributed by atoms with E-state index < -0.39 is 17.7 Å². The molecule has 2 aromatic carbocycles. The zero-order chi connectivity index (χ0) is 23.0. The first-order chi connectivity index (χ1) is 15.3. The Morgan fingerprint density at radius 3 is 2.28 bits per heavy atom. The Kier molecular flexibility index (Phi) is 5.67. The number of methoxy groups -OCH3 is 2. The lowest BCUT2D eigenvalue weighted by Gasteiger charge is -2.23. The number of anilines is 1. The maximum Gasteiger partial charge on any atom is 0.301 e. The van der Waals surface area contributed by atoms with Crippen LogP contribution < -0.4 is 14.4 Å². The minimum Gasteiger partial charge on any atom is -0.507 e. The Morgan fingerprint density at radius 1 is 1.00 bits per heavy atom. The van der Waals surface area contributed by atoms with Gasteiger partial charge in [0.1, 0.15) is 10.8 Å². The number of rotatable bonds is 5. The molecule has 0 radical (unpaired) electrons. The third-order valence-corrected chi connectivity index (χ3v) is 6.05. The van der Waals surface area contributed by atoms with Gasteiger partial charge in [-0.2, -0.15) is 0 Å². The Balaban J connectivity index is 1.95. The van der Waals surface area contributed by atoms with Crippen molar-refractivity contribution < 1.29 is 24.2 Å². The smallest absolute Gasteiger partial charge is 0.301 e. The third kappa shape index (κ3) is 3.60. The van der Waals surface area contributed by atoms with Crippen molar-refractivity contribution in [2.45, 2.75) is 19.9 Å². The minimum atomic E-state index is -0.913. The fourth-order valence-corrected chi connectivity index (χ4v) is 4.33. The molecule has 3 aromatic rings. The Morgan fingerprint density at radius 2 is 1.69 bits per heavy atom. The molecule has 9 heteroatoms. The number of aromatic nitrogens is 2. The van der Waals surface area contributed by atoms with E-state index in [4.69, 9.17) is 9.47 Å². The summed E-state index contributed by atoms with van der Waals surface area (Å²) in [7, 11) is 3.02. The second-order valence-corrected chi connectivity index (χ2v) is 8.41. The summed E-state index contributed by atoms with van der Waals surface area (Å²) in [6.45, 7) is 3.68. The van der Waals surface area contributed by atoms with Crippen molar-refractivity contribution in [2.75, 3.05) is 19.1 Å². The molecule has 1 atom stereocenters. The van der Waals surface area contributed by atoms with Crippen LogP contribution in [0.25, 0.3) is 5.76 Å². The Bertz CT molecular complexity index is 1230. The van der Waals surface area contributed by atoms with Gasteiger partial charge in [0, 0.05) is 5.56 Å². The predicted octanol–water partition coefficient (Wildman–Crippen LogP) is 3.80. The topological polar surface area (TPSA) is 102 Å². The number of ketones is 1. The van der Waals surface area contributed by atoms with E-state index in [9.17, 15) is 14.7 Å². The Labute approximate surface area is 188 Å². The summed E-state index contributed by atoms with van der Waals surface area (Å²) in [6, 6.07) is 11.2. The normalized spacial score (nSPS) is 17.6. The number of aliphatic hydroxyl groups excluding tert-OH is 1. The van der Waals surface area contributed by atoms with Gasteiger partial charge < -0.3 is 14.6 Å². The molecule has 1 fully saturated rings. The van der Waals surface area contributed by atoms with Crippen LogP contribution in [0.4, 0.5) is 5.13 Å². The van der Waals surface area contributed by atoms with E-state index in [1.807, 2.05) is 19.1 Å². The summed E-state index contributed by atoms with van der Waals surface area (Å²) >= 11 is 1.19. The van der Waals surface area contributed by atoms with Crippen LogP contribution in [0.15, 0.2) is 48.0 Å². The maximum absolute atomic E-state index is 13.1. The van der Waals surface area contributed by atoms with Gasteiger partial charge in [-0.15, -0.1) is 10.2 Å². The first-order valence-electron chi connectivity index (χ1n) is 9.75. The first kappa shape index (κ1) is 21.5. The standard InChI is InChI=1S/C23H21N3O5S/c1-12-5-7-14(8-6-12)20(27)18-19(15-9-10-16(30-3)17(11-15)31-4)26(22(29)21(18)28)23-25-24-13(2)32-23/h5-11,19,27H,1-4H3/t19-/m0/s1. The van der Waals surface area contributed by atoms with Crippen molar-refractivity contribution in [3.8, 4) is 11.5 Å². The molecule has 1 aromatic heterocycles. The van der Waals surface area contributed by atoms with Crippen LogP contribution in [0.5, 0.6) is 11.5 Å². The molecule has 1 amide bonds. The lowest BCUT2D eigenvalue weighted by Crippen LogP contribution is -2.29. The van der Waals surface area contributed by atoms with Crippen LogP contribution in [0, 0.1) is 13.8 Å². The highest BCUT2D eigenvalue weighted by Crippen LogP contribution is 2.44. The van der Waals surface area contributed by atoms with Gasteiger partial charge in [-0.25, -0.2) is 0 Å². The van der Waals surface area contributed by atoms with Gasteiger partial charge in [0.15, 0.2) is 11.5 Å². The second kappa shape index (κ2) is 8.43. The fourth-order valence-electron chi connectivity index (χ4n) is 3.62. The first-order valence-corrected chi connectivity index (χ1v) is 10.6. The average molecular weight is 452 g/mol. The summed E-state index contributed by atoms with van der Waals surface area (Å²) in [5.41, 5.74) is 1.97. The minimum absolute atomic E-state index is 0.0288. The van der Waals surface area contributed by atoms with Crippen molar-refractivity contribution >= 4 is 33.9 Å². The van der Waals surface area contributed by atoms with E-state index >= 15 is 0 Å².